The van der Waals surface area contributed by atoms with Gasteiger partial charge in [0.05, 0.1) is 27.7 Å². The summed E-state index contributed by atoms with van der Waals surface area (Å²) in [6, 6.07) is 7.23. The first-order chi connectivity index (χ1) is 7.91. The van der Waals surface area contributed by atoms with Crippen LogP contribution >= 0.6 is 0 Å². The van der Waals surface area contributed by atoms with Gasteiger partial charge in [-0.05, 0) is 30.5 Å². The lowest BCUT2D eigenvalue weighted by atomic mass is 9.78. The molecule has 0 aromatic heterocycles. The minimum Gasteiger partial charge on any atom is -0.870 e. The Balaban J connectivity index is 0.00000162. The standard InChI is InChI=1S/C15H23FN.H2O/c1-17(2,3)12-15(9-4-5-10-15)13-7-6-8-14(16)11-13;/h6-8,11H,4-5,9-10,12H2,1-3H3;1H2/q+1;/p-1. The monoisotopic (exact) mass is 253 g/mol. The van der Waals surface area contributed by atoms with Gasteiger partial charge in [-0.3, -0.25) is 0 Å². The zero-order valence-corrected chi connectivity index (χ0v) is 11.6. The Hall–Kier alpha value is -0.930. The van der Waals surface area contributed by atoms with Crippen LogP contribution < -0.4 is 0 Å². The van der Waals surface area contributed by atoms with E-state index in [2.05, 4.69) is 27.2 Å². The van der Waals surface area contributed by atoms with Crippen molar-refractivity contribution >= 4 is 0 Å². The largest absolute Gasteiger partial charge is 0.870 e. The molecule has 0 saturated heterocycles. The van der Waals surface area contributed by atoms with Crippen LogP contribution in [0.15, 0.2) is 24.3 Å². The summed E-state index contributed by atoms with van der Waals surface area (Å²) in [6.07, 6.45) is 4.95. The maximum absolute atomic E-state index is 13.4. The Morgan fingerprint density at radius 2 is 1.78 bits per heavy atom. The third kappa shape index (κ3) is 3.30. The number of rotatable bonds is 3. The molecule has 1 aliphatic rings. The Morgan fingerprint density at radius 3 is 2.28 bits per heavy atom. The van der Waals surface area contributed by atoms with E-state index in [0.29, 0.717) is 0 Å². The summed E-state index contributed by atoms with van der Waals surface area (Å²) in [5, 5.41) is 0. The van der Waals surface area contributed by atoms with Crippen LogP contribution in [0.1, 0.15) is 31.2 Å². The molecule has 18 heavy (non-hydrogen) atoms. The quantitative estimate of drug-likeness (QED) is 0.761. The van der Waals surface area contributed by atoms with Crippen molar-refractivity contribution in [2.75, 3.05) is 27.7 Å². The number of likely N-dealkylation sites (N-methyl/N-ethyl adjacent to an activating group) is 1. The van der Waals surface area contributed by atoms with Gasteiger partial charge in [-0.1, -0.05) is 25.0 Å². The van der Waals surface area contributed by atoms with Gasteiger partial charge < -0.3 is 9.96 Å². The molecule has 2 rings (SSSR count). The van der Waals surface area contributed by atoms with Crippen molar-refractivity contribution in [1.29, 1.82) is 0 Å². The van der Waals surface area contributed by atoms with Crippen LogP contribution in [0, 0.1) is 5.82 Å². The second kappa shape index (κ2) is 5.37. The highest BCUT2D eigenvalue weighted by molar-refractivity contribution is 5.27. The van der Waals surface area contributed by atoms with Crippen LogP contribution in [0.4, 0.5) is 4.39 Å². The van der Waals surface area contributed by atoms with Crippen molar-refractivity contribution in [3.8, 4) is 0 Å². The molecule has 3 heteroatoms. The molecule has 0 unspecified atom stereocenters. The highest BCUT2D eigenvalue weighted by Gasteiger charge is 2.40. The summed E-state index contributed by atoms with van der Waals surface area (Å²) >= 11 is 0. The van der Waals surface area contributed by atoms with Crippen LogP contribution in [0.2, 0.25) is 0 Å². The van der Waals surface area contributed by atoms with Gasteiger partial charge in [0.2, 0.25) is 0 Å². The SMILES string of the molecule is C[N+](C)(C)CC1(c2cccc(F)c2)CCCC1.[OH-]. The van der Waals surface area contributed by atoms with Crippen molar-refractivity contribution in [1.82, 2.24) is 0 Å². The van der Waals surface area contributed by atoms with E-state index >= 15 is 0 Å². The molecule has 0 radical (unpaired) electrons. The Morgan fingerprint density at radius 1 is 1.17 bits per heavy atom. The van der Waals surface area contributed by atoms with Crippen molar-refractivity contribution in [3.05, 3.63) is 35.6 Å². The molecule has 1 aliphatic carbocycles. The fraction of sp³-hybridized carbons (Fsp3) is 0.600. The van der Waals surface area contributed by atoms with Crippen LogP contribution in [0.25, 0.3) is 0 Å². The van der Waals surface area contributed by atoms with E-state index < -0.39 is 0 Å². The fourth-order valence-corrected chi connectivity index (χ4v) is 3.32. The Bertz CT molecular complexity index is 392. The van der Waals surface area contributed by atoms with Gasteiger partial charge in [0.1, 0.15) is 5.82 Å². The van der Waals surface area contributed by atoms with E-state index in [4.69, 9.17) is 0 Å². The van der Waals surface area contributed by atoms with Crippen LogP contribution in [0.5, 0.6) is 0 Å². The summed E-state index contributed by atoms with van der Waals surface area (Å²) in [5.41, 5.74) is 1.39. The maximum atomic E-state index is 13.4. The topological polar surface area (TPSA) is 30.0 Å². The van der Waals surface area contributed by atoms with Gasteiger partial charge in [-0.25, -0.2) is 4.39 Å². The van der Waals surface area contributed by atoms with Crippen LogP contribution in [-0.4, -0.2) is 37.6 Å². The smallest absolute Gasteiger partial charge is 0.123 e. The summed E-state index contributed by atoms with van der Waals surface area (Å²) < 4.78 is 14.4. The first-order valence-electron chi connectivity index (χ1n) is 6.48. The van der Waals surface area contributed by atoms with E-state index in [1.54, 1.807) is 6.07 Å². The molecule has 0 atom stereocenters. The molecule has 1 saturated carbocycles. The number of hydrogen-bond acceptors (Lipinski definition) is 1. The molecule has 0 spiro atoms. The summed E-state index contributed by atoms with van der Waals surface area (Å²) in [7, 11) is 6.66. The summed E-state index contributed by atoms with van der Waals surface area (Å²) in [6.45, 7) is 1.09. The first-order valence-corrected chi connectivity index (χ1v) is 6.48. The van der Waals surface area contributed by atoms with Gasteiger partial charge in [-0.2, -0.15) is 0 Å². The third-order valence-corrected chi connectivity index (χ3v) is 3.77. The van der Waals surface area contributed by atoms with Gasteiger partial charge in [0.25, 0.3) is 0 Å². The number of quaternary nitrogens is 1. The number of benzene rings is 1. The van der Waals surface area contributed by atoms with E-state index in [1.165, 1.54) is 37.3 Å². The normalized spacial score (nSPS) is 18.4. The van der Waals surface area contributed by atoms with Crippen LogP contribution in [0.3, 0.4) is 0 Å². The van der Waals surface area contributed by atoms with Crippen molar-refractivity contribution in [2.45, 2.75) is 31.1 Å². The van der Waals surface area contributed by atoms with Gasteiger partial charge >= 0.3 is 0 Å². The average Bonchev–Trinajstić information content (AvgIpc) is 2.65. The lowest BCUT2D eigenvalue weighted by molar-refractivity contribution is -0.874. The number of nitrogens with zero attached hydrogens (tertiary/aromatic N) is 1. The number of hydrogen-bond donors (Lipinski definition) is 0. The second-order valence-corrected chi connectivity index (χ2v) is 6.45. The maximum Gasteiger partial charge on any atom is 0.123 e. The minimum atomic E-state index is -0.102. The zero-order valence-electron chi connectivity index (χ0n) is 11.6. The molecular formula is C15H24FNO. The highest BCUT2D eigenvalue weighted by atomic mass is 19.1. The molecule has 1 aromatic rings. The second-order valence-electron chi connectivity index (χ2n) is 6.45. The van der Waals surface area contributed by atoms with E-state index in [0.717, 1.165) is 11.0 Å². The van der Waals surface area contributed by atoms with E-state index in [1.807, 2.05) is 6.07 Å². The summed E-state index contributed by atoms with van der Waals surface area (Å²) in [5.74, 6) is -0.102. The van der Waals surface area contributed by atoms with Crippen molar-refractivity contribution in [2.24, 2.45) is 0 Å². The third-order valence-electron chi connectivity index (χ3n) is 3.77. The minimum absolute atomic E-state index is 0. The van der Waals surface area contributed by atoms with E-state index in [-0.39, 0.29) is 16.7 Å². The predicted octanol–water partition coefficient (Wildman–Crippen LogP) is 3.17. The molecule has 1 N–H and O–H groups in total. The van der Waals surface area contributed by atoms with Crippen LogP contribution in [-0.2, 0) is 5.41 Å². The predicted molar refractivity (Wildman–Crippen MR) is 71.4 cm³/mol. The van der Waals surface area contributed by atoms with Crippen molar-refractivity contribution in [3.63, 3.8) is 0 Å². The van der Waals surface area contributed by atoms with Gasteiger partial charge in [0.15, 0.2) is 0 Å². The molecule has 0 bridgehead atoms. The van der Waals surface area contributed by atoms with E-state index in [9.17, 15) is 4.39 Å². The molecule has 1 fully saturated rings. The molecule has 1 aromatic carbocycles. The average molecular weight is 253 g/mol. The molecule has 0 aliphatic heterocycles. The Labute approximate surface area is 109 Å². The zero-order chi connectivity index (χ0) is 12.5. The van der Waals surface area contributed by atoms with Gasteiger partial charge in [-0.15, -0.1) is 0 Å². The van der Waals surface area contributed by atoms with Crippen molar-refractivity contribution < 1.29 is 14.3 Å². The number of halogens is 1. The lowest BCUT2D eigenvalue weighted by Crippen LogP contribution is -2.46. The molecular weight excluding hydrogens is 229 g/mol. The molecule has 0 amide bonds. The lowest BCUT2D eigenvalue weighted by Gasteiger charge is -2.37. The molecule has 102 valence electrons. The van der Waals surface area contributed by atoms with Gasteiger partial charge in [0, 0.05) is 5.41 Å². The Kier molecular flexibility index (Phi) is 4.51. The summed E-state index contributed by atoms with van der Waals surface area (Å²) in [4.78, 5) is 0. The highest BCUT2D eigenvalue weighted by Crippen LogP contribution is 2.42. The molecule has 0 heterocycles. The fourth-order valence-electron chi connectivity index (χ4n) is 3.32. The first kappa shape index (κ1) is 15.1. The molecule has 2 nitrogen and oxygen atoms in total.